The second-order valence-corrected chi connectivity index (χ2v) is 10.8. The molecule has 0 unspecified atom stereocenters. The van der Waals surface area contributed by atoms with Crippen LogP contribution in [0.4, 0.5) is 4.39 Å². The van der Waals surface area contributed by atoms with Crippen LogP contribution in [0.5, 0.6) is 0 Å². The van der Waals surface area contributed by atoms with Crippen LogP contribution in [-0.2, 0) is 20.1 Å². The topological polar surface area (TPSA) is 38.9 Å². The van der Waals surface area contributed by atoms with E-state index in [2.05, 4.69) is 51.9 Å². The van der Waals surface area contributed by atoms with E-state index in [1.54, 1.807) is 6.07 Å². The quantitative estimate of drug-likeness (QED) is 0.270. The van der Waals surface area contributed by atoms with Crippen molar-refractivity contribution in [3.63, 3.8) is 0 Å². The normalized spacial score (nSPS) is 17.2. The lowest BCUT2D eigenvalue weighted by Crippen LogP contribution is -2.33. The molecule has 5 aromatic rings. The number of para-hydroxylation sites is 3. The van der Waals surface area contributed by atoms with Crippen molar-refractivity contribution < 1.29 is 4.39 Å². The average Bonchev–Trinajstić information content (AvgIpc) is 3.58. The highest BCUT2D eigenvalue weighted by Crippen LogP contribution is 2.37. The van der Waals surface area contributed by atoms with Crippen molar-refractivity contribution in [3.8, 4) is 11.3 Å². The Bertz CT molecular complexity index is 1590. The minimum atomic E-state index is -0.234. The van der Waals surface area contributed by atoms with Gasteiger partial charge < -0.3 is 4.57 Å². The number of piperidine rings is 1. The van der Waals surface area contributed by atoms with Crippen molar-refractivity contribution in [3.05, 3.63) is 83.9 Å². The summed E-state index contributed by atoms with van der Waals surface area (Å²) in [7, 11) is 1.97. The number of hydrogen-bond acceptors (Lipinski definition) is 3. The number of imidazole rings is 1. The molecule has 188 valence electrons. The monoisotopic (exact) mass is 493 g/mol. The summed E-state index contributed by atoms with van der Waals surface area (Å²) in [5, 5.41) is 5.74. The number of benzene rings is 3. The van der Waals surface area contributed by atoms with Crippen LogP contribution >= 0.6 is 0 Å². The van der Waals surface area contributed by atoms with Crippen LogP contribution in [0.15, 0.2) is 66.7 Å². The zero-order chi connectivity index (χ0) is 24.9. The van der Waals surface area contributed by atoms with Crippen molar-refractivity contribution >= 4 is 21.9 Å². The van der Waals surface area contributed by atoms with E-state index in [-0.39, 0.29) is 5.82 Å². The molecule has 0 bridgehead atoms. The molecule has 1 aliphatic carbocycles. The Hall–Kier alpha value is -3.51. The van der Waals surface area contributed by atoms with Gasteiger partial charge in [-0.2, -0.15) is 5.10 Å². The van der Waals surface area contributed by atoms with Gasteiger partial charge in [-0.05, 0) is 74.5 Å². The van der Waals surface area contributed by atoms with Crippen molar-refractivity contribution in [2.75, 3.05) is 13.1 Å². The summed E-state index contributed by atoms with van der Waals surface area (Å²) in [6.07, 6.45) is 4.94. The van der Waals surface area contributed by atoms with E-state index in [4.69, 9.17) is 10.1 Å². The van der Waals surface area contributed by atoms with Gasteiger partial charge >= 0.3 is 0 Å². The first-order chi connectivity index (χ1) is 18.2. The summed E-state index contributed by atoms with van der Waals surface area (Å²) in [5.74, 6) is 2.38. The van der Waals surface area contributed by atoms with Crippen LogP contribution in [0.2, 0.25) is 0 Å². The molecule has 0 N–H and O–H groups in total. The lowest BCUT2D eigenvalue weighted by Gasteiger charge is -2.32. The lowest BCUT2D eigenvalue weighted by molar-refractivity contribution is 0.200. The molecule has 1 aliphatic heterocycles. The van der Waals surface area contributed by atoms with Crippen LogP contribution in [0.3, 0.4) is 0 Å². The SMILES string of the molecule is Cn1nc(-c2ccccc2F)c2cccc(CN3CCC(c4nc5ccccc5n4CC4CC4)CC3)c21. The van der Waals surface area contributed by atoms with Crippen molar-refractivity contribution in [2.24, 2.45) is 13.0 Å². The number of nitrogens with zero attached hydrogens (tertiary/aromatic N) is 5. The zero-order valence-electron chi connectivity index (χ0n) is 21.3. The number of likely N-dealkylation sites (tertiary alicyclic amines) is 1. The Balaban J connectivity index is 1.12. The Morgan fingerprint density at radius 3 is 2.49 bits per heavy atom. The van der Waals surface area contributed by atoms with Gasteiger partial charge in [-0.15, -0.1) is 0 Å². The molecular formula is C31H32FN5. The summed E-state index contributed by atoms with van der Waals surface area (Å²) in [4.78, 5) is 7.67. The fraction of sp³-hybridized carbons (Fsp3) is 0.355. The van der Waals surface area contributed by atoms with Crippen LogP contribution < -0.4 is 0 Å². The first kappa shape index (κ1) is 22.7. The highest BCUT2D eigenvalue weighted by Gasteiger charge is 2.29. The molecule has 7 rings (SSSR count). The predicted octanol–water partition coefficient (Wildman–Crippen LogP) is 6.52. The number of halogens is 1. The van der Waals surface area contributed by atoms with Crippen LogP contribution in [0, 0.1) is 11.7 Å². The lowest BCUT2D eigenvalue weighted by atomic mass is 9.95. The Morgan fingerprint density at radius 1 is 0.892 bits per heavy atom. The van der Waals surface area contributed by atoms with Gasteiger partial charge in [0.05, 0.1) is 16.6 Å². The van der Waals surface area contributed by atoms with Crippen LogP contribution in [-0.4, -0.2) is 37.3 Å². The maximum Gasteiger partial charge on any atom is 0.132 e. The number of aromatic nitrogens is 4. The standard InChI is InChI=1S/C31H32FN5/c1-35-30-23(7-6-9-25(30)29(34-35)24-8-2-3-10-26(24)32)20-36-17-15-22(16-18-36)31-33-27-11-4-5-12-28(27)37(31)19-21-13-14-21/h2-12,21-22H,13-20H2,1H3. The van der Waals surface area contributed by atoms with E-state index in [9.17, 15) is 4.39 Å². The van der Waals surface area contributed by atoms with E-state index < -0.39 is 0 Å². The van der Waals surface area contributed by atoms with Crippen LogP contribution in [0.1, 0.15) is 43.0 Å². The first-order valence-corrected chi connectivity index (χ1v) is 13.5. The van der Waals surface area contributed by atoms with E-state index >= 15 is 0 Å². The summed E-state index contributed by atoms with van der Waals surface area (Å²) in [5.41, 5.74) is 6.03. The fourth-order valence-corrected chi connectivity index (χ4v) is 6.14. The number of rotatable bonds is 6. The molecule has 6 heteroatoms. The van der Waals surface area contributed by atoms with Gasteiger partial charge in [-0.1, -0.05) is 42.5 Å². The molecule has 3 aromatic carbocycles. The molecule has 2 fully saturated rings. The Kier molecular flexibility index (Phi) is 5.58. The minimum Gasteiger partial charge on any atom is -0.327 e. The molecule has 2 aliphatic rings. The summed E-state index contributed by atoms with van der Waals surface area (Å²) in [6.45, 7) is 4.08. The number of hydrogen-bond donors (Lipinski definition) is 0. The van der Waals surface area contributed by atoms with E-state index in [0.29, 0.717) is 17.2 Å². The first-order valence-electron chi connectivity index (χ1n) is 13.5. The second kappa shape index (κ2) is 9.10. The molecule has 2 aromatic heterocycles. The van der Waals surface area contributed by atoms with E-state index in [0.717, 1.165) is 61.4 Å². The summed E-state index contributed by atoms with van der Waals surface area (Å²) in [6, 6.07) is 21.8. The molecule has 0 amide bonds. The number of aryl methyl sites for hydroxylation is 1. The maximum absolute atomic E-state index is 14.6. The summed E-state index contributed by atoms with van der Waals surface area (Å²) < 4.78 is 19.0. The Morgan fingerprint density at radius 2 is 1.68 bits per heavy atom. The minimum absolute atomic E-state index is 0.234. The van der Waals surface area contributed by atoms with Gasteiger partial charge in [0, 0.05) is 37.0 Å². The largest absolute Gasteiger partial charge is 0.327 e. The van der Waals surface area contributed by atoms with Crippen molar-refractivity contribution in [1.82, 2.24) is 24.2 Å². The number of fused-ring (bicyclic) bond motifs is 2. The highest BCUT2D eigenvalue weighted by molar-refractivity contribution is 5.95. The third-order valence-corrected chi connectivity index (χ3v) is 8.25. The average molecular weight is 494 g/mol. The Labute approximate surface area is 216 Å². The third-order valence-electron chi connectivity index (χ3n) is 8.25. The molecule has 5 nitrogen and oxygen atoms in total. The molecule has 1 saturated carbocycles. The predicted molar refractivity (Wildman–Crippen MR) is 146 cm³/mol. The second-order valence-electron chi connectivity index (χ2n) is 10.8. The third kappa shape index (κ3) is 4.13. The van der Waals surface area contributed by atoms with E-state index in [1.165, 1.54) is 35.8 Å². The van der Waals surface area contributed by atoms with Crippen LogP contribution in [0.25, 0.3) is 33.2 Å². The molecule has 37 heavy (non-hydrogen) atoms. The van der Waals surface area contributed by atoms with Gasteiger partial charge in [-0.3, -0.25) is 9.58 Å². The van der Waals surface area contributed by atoms with Gasteiger partial charge in [0.25, 0.3) is 0 Å². The van der Waals surface area contributed by atoms with Gasteiger partial charge in [0.1, 0.15) is 17.3 Å². The molecular weight excluding hydrogens is 461 g/mol. The zero-order valence-corrected chi connectivity index (χ0v) is 21.3. The fourth-order valence-electron chi connectivity index (χ4n) is 6.14. The molecule has 0 spiro atoms. The van der Waals surface area contributed by atoms with Gasteiger partial charge in [0.15, 0.2) is 0 Å². The molecule has 3 heterocycles. The van der Waals surface area contributed by atoms with Gasteiger partial charge in [0.2, 0.25) is 0 Å². The maximum atomic E-state index is 14.6. The van der Waals surface area contributed by atoms with Crippen molar-refractivity contribution in [1.29, 1.82) is 0 Å². The van der Waals surface area contributed by atoms with Gasteiger partial charge in [-0.25, -0.2) is 9.37 Å². The van der Waals surface area contributed by atoms with E-state index in [1.807, 2.05) is 23.9 Å². The van der Waals surface area contributed by atoms with Crippen molar-refractivity contribution in [2.45, 2.75) is 44.7 Å². The smallest absolute Gasteiger partial charge is 0.132 e. The summed E-state index contributed by atoms with van der Waals surface area (Å²) >= 11 is 0. The highest BCUT2D eigenvalue weighted by atomic mass is 19.1. The molecule has 0 radical (unpaired) electrons. The molecule has 0 atom stereocenters. The molecule has 1 saturated heterocycles.